The minimum atomic E-state index is -4.68. The van der Waals surface area contributed by atoms with E-state index in [1.54, 1.807) is 7.11 Å². The number of nitrogens with one attached hydrogen (secondary N) is 1. The summed E-state index contributed by atoms with van der Waals surface area (Å²) >= 11 is 0. The number of hydrogen-bond donors (Lipinski definition) is 1. The number of amides is 1. The van der Waals surface area contributed by atoms with Gasteiger partial charge in [0.05, 0.1) is 40.8 Å². The minimum Gasteiger partial charge on any atom is -0.756 e. The Morgan fingerprint density at radius 1 is 0.712 bits per heavy atom. The van der Waals surface area contributed by atoms with Crippen molar-refractivity contribution in [3.8, 4) is 5.75 Å². The first-order valence-electron chi connectivity index (χ1n) is 22.3. The topological polar surface area (TPSA) is 150 Å². The molecule has 0 spiro atoms. The number of phosphoric acid groups is 1. The molecule has 2 rings (SSSR count). The van der Waals surface area contributed by atoms with Gasteiger partial charge in [-0.25, -0.2) is 0 Å². The quantitative estimate of drug-likeness (QED) is 0.0308. The van der Waals surface area contributed by atoms with Crippen LogP contribution in [0, 0.1) is 0 Å². The van der Waals surface area contributed by atoms with Gasteiger partial charge in [0.15, 0.2) is 6.10 Å². The number of quaternary nitrogens is 1. The fraction of sp³-hybridized carbons (Fsp3) is 0.717. The predicted molar refractivity (Wildman–Crippen MR) is 233 cm³/mol. The first-order chi connectivity index (χ1) is 28.2. The number of unbranched alkanes of at least 4 members (excludes halogenated alkanes) is 16. The number of likely N-dealkylation sites (N-methyl/N-ethyl adjacent to an activating group) is 1. The predicted octanol–water partition coefficient (Wildman–Crippen LogP) is 9.55. The van der Waals surface area contributed by atoms with Crippen molar-refractivity contribution in [2.75, 3.05) is 61.2 Å². The van der Waals surface area contributed by atoms with Gasteiger partial charge in [-0.2, -0.15) is 0 Å². The monoisotopic (exact) mass is 849 g/mol. The van der Waals surface area contributed by atoms with Gasteiger partial charge in [0.1, 0.15) is 25.5 Å². The lowest BCUT2D eigenvalue weighted by Crippen LogP contribution is -2.37. The third-order valence-corrected chi connectivity index (χ3v) is 11.4. The van der Waals surface area contributed by atoms with Crippen molar-refractivity contribution in [1.82, 2.24) is 5.32 Å². The van der Waals surface area contributed by atoms with Crippen LogP contribution < -0.4 is 14.9 Å². The summed E-state index contributed by atoms with van der Waals surface area (Å²) in [6.07, 6.45) is 19.4. The summed E-state index contributed by atoms with van der Waals surface area (Å²) in [5, 5.41) is 5.05. The largest absolute Gasteiger partial charge is 0.756 e. The molecule has 0 saturated heterocycles. The smallest absolute Gasteiger partial charge is 0.306 e. The molecule has 1 amide bonds. The SMILES string of the molecule is CCCCCCCCCCCCCCCCCC(=O)OC[C@H](COP(=O)([O-])OCC[N+](C)(C)C)OC(=O)CCCCCNC(=O)[C@@H](C)c1ccc2cc(OC)ccc2c1. The highest BCUT2D eigenvalue weighted by atomic mass is 31.2. The van der Waals surface area contributed by atoms with Crippen molar-refractivity contribution < 1.29 is 51.6 Å². The number of fused-ring (bicyclic) bond motifs is 1. The van der Waals surface area contributed by atoms with Crippen molar-refractivity contribution in [2.24, 2.45) is 0 Å². The molecule has 0 bridgehead atoms. The average molecular weight is 849 g/mol. The summed E-state index contributed by atoms with van der Waals surface area (Å²) in [7, 11) is 2.67. The van der Waals surface area contributed by atoms with Crippen LogP contribution in [0.2, 0.25) is 0 Å². The van der Waals surface area contributed by atoms with E-state index in [9.17, 15) is 23.8 Å². The van der Waals surface area contributed by atoms with Crippen molar-refractivity contribution >= 4 is 36.4 Å². The number of esters is 2. The van der Waals surface area contributed by atoms with E-state index in [0.29, 0.717) is 43.3 Å². The molecule has 0 aromatic heterocycles. The number of nitrogens with zero attached hydrogens (tertiary/aromatic N) is 1. The first-order valence-corrected chi connectivity index (χ1v) is 23.8. The van der Waals surface area contributed by atoms with Gasteiger partial charge in [-0.3, -0.25) is 18.9 Å². The van der Waals surface area contributed by atoms with Crippen molar-refractivity contribution in [3.63, 3.8) is 0 Å². The zero-order valence-corrected chi connectivity index (χ0v) is 38.2. The Labute approximate surface area is 355 Å². The Kier molecular flexibility index (Phi) is 26.6. The molecule has 13 heteroatoms. The van der Waals surface area contributed by atoms with E-state index >= 15 is 0 Å². The van der Waals surface area contributed by atoms with Crippen molar-refractivity contribution in [3.05, 3.63) is 42.0 Å². The Balaban J connectivity index is 1.69. The Hall–Kier alpha value is -3.02. The van der Waals surface area contributed by atoms with Crippen LogP contribution in [0.4, 0.5) is 0 Å². The first kappa shape index (κ1) is 52.1. The van der Waals surface area contributed by atoms with Gasteiger partial charge in [-0.05, 0) is 54.7 Å². The van der Waals surface area contributed by atoms with Gasteiger partial charge in [0.25, 0.3) is 7.82 Å². The second kappa shape index (κ2) is 30.1. The number of benzene rings is 2. The van der Waals surface area contributed by atoms with Gasteiger partial charge in [0.2, 0.25) is 5.91 Å². The van der Waals surface area contributed by atoms with Gasteiger partial charge < -0.3 is 38.0 Å². The van der Waals surface area contributed by atoms with E-state index in [0.717, 1.165) is 41.3 Å². The maximum Gasteiger partial charge on any atom is 0.306 e. The number of hydrogen-bond acceptors (Lipinski definition) is 10. The second-order valence-corrected chi connectivity index (χ2v) is 18.3. The summed E-state index contributed by atoms with van der Waals surface area (Å²) in [5.41, 5.74) is 0.918. The van der Waals surface area contributed by atoms with Crippen LogP contribution in [-0.2, 0) is 37.5 Å². The molecular weight excluding hydrogens is 771 g/mol. The zero-order chi connectivity index (χ0) is 43.4. The third kappa shape index (κ3) is 25.4. The number of ether oxygens (including phenoxy) is 3. The highest BCUT2D eigenvalue weighted by Gasteiger charge is 2.22. The molecule has 0 aliphatic heterocycles. The molecule has 0 radical (unpaired) electrons. The lowest BCUT2D eigenvalue weighted by atomic mass is 9.97. The summed E-state index contributed by atoms with van der Waals surface area (Å²) in [4.78, 5) is 50.6. The Morgan fingerprint density at radius 3 is 1.85 bits per heavy atom. The van der Waals surface area contributed by atoms with E-state index in [2.05, 4.69) is 12.2 Å². The summed E-state index contributed by atoms with van der Waals surface area (Å²) in [6, 6.07) is 11.8. The molecule has 0 aliphatic carbocycles. The van der Waals surface area contributed by atoms with Gasteiger partial charge in [-0.1, -0.05) is 128 Å². The van der Waals surface area contributed by atoms with Crippen LogP contribution >= 0.6 is 7.82 Å². The molecule has 59 heavy (non-hydrogen) atoms. The molecular formula is C46H77N2O10P. The van der Waals surface area contributed by atoms with Gasteiger partial charge >= 0.3 is 11.9 Å². The summed E-state index contributed by atoms with van der Waals surface area (Å²) in [6.45, 7) is 4.10. The molecule has 3 atom stereocenters. The number of methoxy groups -OCH3 is 1. The molecule has 1 unspecified atom stereocenters. The number of carbonyl (C=O) groups is 3. The Bertz CT molecular complexity index is 1530. The van der Waals surface area contributed by atoms with Gasteiger partial charge in [-0.15, -0.1) is 0 Å². The van der Waals surface area contributed by atoms with Crippen LogP contribution in [0.15, 0.2) is 36.4 Å². The van der Waals surface area contributed by atoms with E-state index in [4.69, 9.17) is 23.3 Å². The van der Waals surface area contributed by atoms with Gasteiger partial charge in [0, 0.05) is 19.4 Å². The van der Waals surface area contributed by atoms with E-state index in [-0.39, 0.29) is 37.9 Å². The summed E-state index contributed by atoms with van der Waals surface area (Å²) < 4.78 is 39.2. The molecule has 0 heterocycles. The standard InChI is InChI=1S/C46H77N2O10P/c1-7-8-9-10-11-12-13-14-15-16-17-18-19-20-22-25-44(49)55-36-43(37-57-59(52,53)56-33-32-48(3,4)5)58-45(50)26-23-21-24-31-47-46(51)38(2)39-27-28-41-35-42(54-6)30-29-40(41)34-39/h27-30,34-35,38,43H,7-26,31-33,36-37H2,1-6H3,(H-,47,51,52,53)/t38-,43+/m0/s1. The number of carbonyl (C=O) groups excluding carboxylic acids is 3. The van der Waals surface area contributed by atoms with E-state index in [1.807, 2.05) is 64.5 Å². The fourth-order valence-corrected chi connectivity index (χ4v) is 7.35. The summed E-state index contributed by atoms with van der Waals surface area (Å²) in [5.74, 6) is -0.617. The number of phosphoric ester groups is 1. The molecule has 2 aromatic rings. The molecule has 0 aliphatic rings. The van der Waals surface area contributed by atoms with Crippen molar-refractivity contribution in [1.29, 1.82) is 0 Å². The van der Waals surface area contributed by atoms with Crippen LogP contribution in [-0.4, -0.2) is 89.6 Å². The maximum absolute atomic E-state index is 12.9. The minimum absolute atomic E-state index is 0.0677. The fourth-order valence-electron chi connectivity index (χ4n) is 6.62. The van der Waals surface area contributed by atoms with Crippen LogP contribution in [0.25, 0.3) is 10.8 Å². The average Bonchev–Trinajstić information content (AvgIpc) is 3.20. The Morgan fingerprint density at radius 2 is 1.25 bits per heavy atom. The maximum atomic E-state index is 12.9. The van der Waals surface area contributed by atoms with E-state index in [1.165, 1.54) is 70.6 Å². The van der Waals surface area contributed by atoms with Crippen molar-refractivity contribution in [2.45, 2.75) is 154 Å². The lowest BCUT2D eigenvalue weighted by Gasteiger charge is -2.28. The normalized spacial score (nSPS) is 13.7. The van der Waals surface area contributed by atoms with E-state index < -0.39 is 32.5 Å². The molecule has 1 N–H and O–H groups in total. The molecule has 0 fully saturated rings. The number of rotatable bonds is 35. The highest BCUT2D eigenvalue weighted by molar-refractivity contribution is 7.45. The van der Waals surface area contributed by atoms with Crippen LogP contribution in [0.1, 0.15) is 154 Å². The van der Waals surface area contributed by atoms with Crippen LogP contribution in [0.5, 0.6) is 5.75 Å². The molecule has 2 aromatic carbocycles. The molecule has 0 saturated carbocycles. The zero-order valence-electron chi connectivity index (χ0n) is 37.3. The molecule has 12 nitrogen and oxygen atoms in total. The highest BCUT2D eigenvalue weighted by Crippen LogP contribution is 2.38. The lowest BCUT2D eigenvalue weighted by molar-refractivity contribution is -0.870. The van der Waals surface area contributed by atoms with Crippen LogP contribution in [0.3, 0.4) is 0 Å². The third-order valence-electron chi connectivity index (χ3n) is 10.5. The second-order valence-electron chi connectivity index (χ2n) is 16.9. The molecule has 336 valence electrons.